The topological polar surface area (TPSA) is 39.6 Å². The molecule has 0 unspecified atom stereocenters. The number of amidine groups is 1. The minimum atomic E-state index is 0.780. The van der Waals surface area contributed by atoms with Gasteiger partial charge in [0, 0.05) is 32.6 Å². The average Bonchev–Trinajstić information content (AvgIpc) is 2.47. The summed E-state index contributed by atoms with van der Waals surface area (Å²) in [5.74, 6) is 1.71. The van der Waals surface area contributed by atoms with E-state index >= 15 is 0 Å². The Kier molecular flexibility index (Phi) is 4.66. The third kappa shape index (κ3) is 3.19. The Hall–Kier alpha value is -1.71. The zero-order valence-electron chi connectivity index (χ0n) is 11.9. The molecule has 1 saturated heterocycles. The Bertz CT molecular complexity index is 425. The normalized spacial score (nSPS) is 15.5. The van der Waals surface area contributed by atoms with Gasteiger partial charge in [0.05, 0.1) is 18.6 Å². The van der Waals surface area contributed by atoms with Crippen LogP contribution in [0, 0.1) is 5.41 Å². The number of benzene rings is 1. The first-order valence-electron chi connectivity index (χ1n) is 6.96. The lowest BCUT2D eigenvalue weighted by Crippen LogP contribution is -2.48. The molecular weight excluding hydrogens is 238 g/mol. The summed E-state index contributed by atoms with van der Waals surface area (Å²) in [6.45, 7) is 5.88. The third-order valence-corrected chi connectivity index (χ3v) is 3.57. The van der Waals surface area contributed by atoms with Crippen molar-refractivity contribution in [1.29, 1.82) is 5.41 Å². The molecule has 104 valence electrons. The molecule has 19 heavy (non-hydrogen) atoms. The van der Waals surface area contributed by atoms with E-state index in [4.69, 9.17) is 10.1 Å². The molecule has 1 aromatic carbocycles. The van der Waals surface area contributed by atoms with Gasteiger partial charge in [-0.25, -0.2) is 0 Å². The number of piperazine rings is 1. The van der Waals surface area contributed by atoms with Crippen LogP contribution in [0.15, 0.2) is 24.3 Å². The molecule has 1 heterocycles. The molecule has 0 aliphatic carbocycles. The minimum absolute atomic E-state index is 0.780. The maximum atomic E-state index is 8.01. The van der Waals surface area contributed by atoms with Crippen LogP contribution < -0.4 is 9.64 Å². The van der Waals surface area contributed by atoms with Crippen LogP contribution in [0.5, 0.6) is 5.75 Å². The molecule has 1 aliphatic rings. The Morgan fingerprint density at radius 3 is 2.53 bits per heavy atom. The van der Waals surface area contributed by atoms with Crippen molar-refractivity contribution < 1.29 is 4.74 Å². The first kappa shape index (κ1) is 13.7. The van der Waals surface area contributed by atoms with Crippen LogP contribution in [-0.2, 0) is 0 Å². The predicted octanol–water partition coefficient (Wildman–Crippen LogP) is 2.59. The SMILES string of the molecule is CCCC(=N)N1CCN(c2ccccc2OC)CC1. The van der Waals surface area contributed by atoms with Crippen LogP contribution in [0.2, 0.25) is 0 Å². The van der Waals surface area contributed by atoms with Gasteiger partial charge >= 0.3 is 0 Å². The fourth-order valence-corrected chi connectivity index (χ4v) is 2.50. The standard InChI is InChI=1S/C15H23N3O/c1-3-6-15(16)18-11-9-17(10-12-18)13-7-4-5-8-14(13)19-2/h4-5,7-8,16H,3,6,9-12H2,1-2H3. The number of para-hydroxylation sites is 2. The third-order valence-electron chi connectivity index (χ3n) is 3.57. The van der Waals surface area contributed by atoms with E-state index in [1.165, 1.54) is 0 Å². The molecular formula is C15H23N3O. The van der Waals surface area contributed by atoms with E-state index in [0.29, 0.717) is 0 Å². The van der Waals surface area contributed by atoms with Gasteiger partial charge in [0.25, 0.3) is 0 Å². The number of hydrogen-bond acceptors (Lipinski definition) is 3. The van der Waals surface area contributed by atoms with Gasteiger partial charge in [0.1, 0.15) is 5.75 Å². The van der Waals surface area contributed by atoms with E-state index in [2.05, 4.69) is 22.8 Å². The smallest absolute Gasteiger partial charge is 0.142 e. The average molecular weight is 261 g/mol. The molecule has 0 atom stereocenters. The molecule has 0 radical (unpaired) electrons. The quantitative estimate of drug-likeness (QED) is 0.669. The van der Waals surface area contributed by atoms with E-state index in [9.17, 15) is 0 Å². The first-order chi connectivity index (χ1) is 9.26. The van der Waals surface area contributed by atoms with Crippen LogP contribution in [-0.4, -0.2) is 44.0 Å². The lowest BCUT2D eigenvalue weighted by atomic mass is 10.2. The van der Waals surface area contributed by atoms with Crippen molar-refractivity contribution in [2.45, 2.75) is 19.8 Å². The highest BCUT2D eigenvalue weighted by Gasteiger charge is 2.20. The fraction of sp³-hybridized carbons (Fsp3) is 0.533. The Morgan fingerprint density at radius 1 is 1.21 bits per heavy atom. The molecule has 0 bridgehead atoms. The maximum Gasteiger partial charge on any atom is 0.142 e. The number of nitrogens with one attached hydrogen (secondary N) is 1. The molecule has 0 aromatic heterocycles. The van der Waals surface area contributed by atoms with Crippen LogP contribution in [0.25, 0.3) is 0 Å². The Balaban J connectivity index is 1.98. The number of anilines is 1. The first-order valence-corrected chi connectivity index (χ1v) is 6.96. The molecule has 1 aromatic rings. The van der Waals surface area contributed by atoms with Crippen molar-refractivity contribution in [1.82, 2.24) is 4.90 Å². The molecule has 1 N–H and O–H groups in total. The highest BCUT2D eigenvalue weighted by atomic mass is 16.5. The number of nitrogens with zero attached hydrogens (tertiary/aromatic N) is 2. The molecule has 2 rings (SSSR count). The molecule has 0 saturated carbocycles. The lowest BCUT2D eigenvalue weighted by Gasteiger charge is -2.37. The summed E-state index contributed by atoms with van der Waals surface area (Å²) in [6.07, 6.45) is 1.93. The van der Waals surface area contributed by atoms with Gasteiger partial charge in [-0.05, 0) is 18.6 Å². The van der Waals surface area contributed by atoms with Gasteiger partial charge in [-0.3, -0.25) is 5.41 Å². The van der Waals surface area contributed by atoms with Gasteiger partial charge in [0.2, 0.25) is 0 Å². The summed E-state index contributed by atoms with van der Waals surface area (Å²) < 4.78 is 5.41. The van der Waals surface area contributed by atoms with E-state index < -0.39 is 0 Å². The number of methoxy groups -OCH3 is 1. The van der Waals surface area contributed by atoms with Crippen molar-refractivity contribution in [3.63, 3.8) is 0 Å². The summed E-state index contributed by atoms with van der Waals surface area (Å²) in [6, 6.07) is 8.14. The molecule has 4 heteroatoms. The number of hydrogen-bond donors (Lipinski definition) is 1. The summed E-state index contributed by atoms with van der Waals surface area (Å²) >= 11 is 0. The molecule has 1 fully saturated rings. The van der Waals surface area contributed by atoms with Crippen molar-refractivity contribution in [3.05, 3.63) is 24.3 Å². The van der Waals surface area contributed by atoms with Gasteiger partial charge in [-0.15, -0.1) is 0 Å². The van der Waals surface area contributed by atoms with Crippen LogP contribution in [0.1, 0.15) is 19.8 Å². The van der Waals surface area contributed by atoms with Crippen molar-refractivity contribution in [2.75, 3.05) is 38.2 Å². The van der Waals surface area contributed by atoms with E-state index in [1.807, 2.05) is 18.2 Å². The zero-order chi connectivity index (χ0) is 13.7. The van der Waals surface area contributed by atoms with Gasteiger partial charge in [-0.1, -0.05) is 19.1 Å². The molecule has 4 nitrogen and oxygen atoms in total. The fourth-order valence-electron chi connectivity index (χ4n) is 2.50. The van der Waals surface area contributed by atoms with Crippen molar-refractivity contribution >= 4 is 11.5 Å². The van der Waals surface area contributed by atoms with Gasteiger partial charge in [0.15, 0.2) is 0 Å². The highest BCUT2D eigenvalue weighted by Crippen LogP contribution is 2.28. The number of ether oxygens (including phenoxy) is 1. The van der Waals surface area contributed by atoms with E-state index in [1.54, 1.807) is 7.11 Å². The lowest BCUT2D eigenvalue weighted by molar-refractivity contribution is 0.370. The Morgan fingerprint density at radius 2 is 1.89 bits per heavy atom. The monoisotopic (exact) mass is 261 g/mol. The summed E-state index contributed by atoms with van der Waals surface area (Å²) in [5, 5.41) is 8.01. The van der Waals surface area contributed by atoms with Crippen molar-refractivity contribution in [2.24, 2.45) is 0 Å². The largest absolute Gasteiger partial charge is 0.495 e. The minimum Gasteiger partial charge on any atom is -0.495 e. The zero-order valence-corrected chi connectivity index (χ0v) is 11.9. The van der Waals surface area contributed by atoms with E-state index in [0.717, 1.165) is 56.3 Å². The van der Waals surface area contributed by atoms with Crippen LogP contribution >= 0.6 is 0 Å². The molecule has 0 spiro atoms. The molecule has 0 amide bonds. The summed E-state index contributed by atoms with van der Waals surface area (Å²) in [4.78, 5) is 4.53. The predicted molar refractivity (Wildman–Crippen MR) is 79.4 cm³/mol. The van der Waals surface area contributed by atoms with Gasteiger partial charge in [-0.2, -0.15) is 0 Å². The van der Waals surface area contributed by atoms with Gasteiger partial charge < -0.3 is 14.5 Å². The summed E-state index contributed by atoms with van der Waals surface area (Å²) in [5.41, 5.74) is 1.16. The van der Waals surface area contributed by atoms with E-state index in [-0.39, 0.29) is 0 Å². The Labute approximate surface area is 115 Å². The second-order valence-electron chi connectivity index (χ2n) is 4.84. The number of rotatable bonds is 4. The van der Waals surface area contributed by atoms with Crippen LogP contribution in [0.3, 0.4) is 0 Å². The molecule has 1 aliphatic heterocycles. The van der Waals surface area contributed by atoms with Crippen molar-refractivity contribution in [3.8, 4) is 5.75 Å². The maximum absolute atomic E-state index is 8.01. The van der Waals surface area contributed by atoms with Crippen LogP contribution in [0.4, 0.5) is 5.69 Å². The second kappa shape index (κ2) is 6.45. The summed E-state index contributed by atoms with van der Waals surface area (Å²) in [7, 11) is 1.71. The second-order valence-corrected chi connectivity index (χ2v) is 4.84. The highest BCUT2D eigenvalue weighted by molar-refractivity contribution is 5.79.